The molecule has 0 atom stereocenters. The maximum atomic E-state index is 12.1. The Labute approximate surface area is 163 Å². The quantitative estimate of drug-likeness (QED) is 0.740. The Bertz CT molecular complexity index is 721. The molecule has 4 nitrogen and oxygen atoms in total. The fraction of sp³-hybridized carbons (Fsp3) is 0.435. The second-order valence-corrected chi connectivity index (χ2v) is 7.27. The van der Waals surface area contributed by atoms with Crippen molar-refractivity contribution in [2.24, 2.45) is 0 Å². The van der Waals surface area contributed by atoms with Gasteiger partial charge in [-0.25, -0.2) is 0 Å². The normalized spacial score (nSPS) is 14.2. The number of carbonyl (C=O) groups excluding carboxylic acids is 1. The molecule has 0 radical (unpaired) electrons. The van der Waals surface area contributed by atoms with E-state index in [1.54, 1.807) is 0 Å². The Balaban J connectivity index is 1.48. The number of rotatable bonds is 8. The number of carbonyl (C=O) groups is 1. The van der Waals surface area contributed by atoms with Gasteiger partial charge in [0.05, 0.1) is 0 Å². The highest BCUT2D eigenvalue weighted by Crippen LogP contribution is 2.20. The van der Waals surface area contributed by atoms with Crippen molar-refractivity contribution in [2.75, 3.05) is 24.5 Å². The van der Waals surface area contributed by atoms with Crippen LogP contribution in [0.1, 0.15) is 54.1 Å². The predicted molar refractivity (Wildman–Crippen MR) is 112 cm³/mol. The van der Waals surface area contributed by atoms with Crippen LogP contribution in [0.25, 0.3) is 0 Å². The van der Waals surface area contributed by atoms with Gasteiger partial charge in [0.25, 0.3) is 5.91 Å². The molecular weight excluding hydrogens is 334 g/mol. The second kappa shape index (κ2) is 10.1. The van der Waals surface area contributed by atoms with E-state index in [1.807, 2.05) is 18.2 Å². The first-order chi connectivity index (χ1) is 13.3. The summed E-state index contributed by atoms with van der Waals surface area (Å²) in [6.07, 6.45) is 4.92. The fourth-order valence-electron chi connectivity index (χ4n) is 3.49. The summed E-state index contributed by atoms with van der Waals surface area (Å²) < 4.78 is 0. The molecule has 0 unspecified atom stereocenters. The van der Waals surface area contributed by atoms with Gasteiger partial charge in [-0.15, -0.1) is 0 Å². The number of amides is 1. The van der Waals surface area contributed by atoms with E-state index in [4.69, 9.17) is 0 Å². The minimum absolute atomic E-state index is 0.00648. The van der Waals surface area contributed by atoms with Gasteiger partial charge in [-0.3, -0.25) is 4.79 Å². The number of benzene rings is 2. The minimum Gasteiger partial charge on any atom is -0.372 e. The van der Waals surface area contributed by atoms with Gasteiger partial charge in [0.15, 0.2) is 0 Å². The van der Waals surface area contributed by atoms with E-state index in [1.165, 1.54) is 43.6 Å². The monoisotopic (exact) mass is 365 g/mol. The second-order valence-electron chi connectivity index (χ2n) is 7.27. The highest BCUT2D eigenvalue weighted by Gasteiger charge is 2.10. The zero-order valence-corrected chi connectivity index (χ0v) is 16.3. The number of hydrogen-bond donors (Lipinski definition) is 2. The van der Waals surface area contributed by atoms with Gasteiger partial charge in [0.1, 0.15) is 0 Å². The van der Waals surface area contributed by atoms with E-state index in [2.05, 4.69) is 52.8 Å². The number of anilines is 1. The van der Waals surface area contributed by atoms with Crippen molar-refractivity contribution < 1.29 is 4.79 Å². The Morgan fingerprint density at radius 2 is 1.70 bits per heavy atom. The van der Waals surface area contributed by atoms with Crippen LogP contribution in [0.5, 0.6) is 0 Å². The molecule has 0 aromatic heterocycles. The van der Waals surface area contributed by atoms with E-state index >= 15 is 0 Å². The minimum atomic E-state index is 0.00648. The van der Waals surface area contributed by atoms with Gasteiger partial charge in [-0.1, -0.05) is 31.2 Å². The zero-order chi connectivity index (χ0) is 18.9. The molecule has 1 fully saturated rings. The molecule has 1 saturated heterocycles. The van der Waals surface area contributed by atoms with Crippen molar-refractivity contribution in [3.8, 4) is 0 Å². The van der Waals surface area contributed by atoms with E-state index in [0.29, 0.717) is 6.54 Å². The van der Waals surface area contributed by atoms with Crippen molar-refractivity contribution >= 4 is 11.6 Å². The number of nitrogens with zero attached hydrogens (tertiary/aromatic N) is 1. The highest BCUT2D eigenvalue weighted by atomic mass is 16.1. The van der Waals surface area contributed by atoms with Crippen LogP contribution in [0.15, 0.2) is 48.5 Å². The van der Waals surface area contributed by atoms with Crippen LogP contribution in [0.3, 0.4) is 0 Å². The molecule has 1 heterocycles. The molecule has 0 bridgehead atoms. The molecule has 1 amide bonds. The number of nitrogens with one attached hydrogen (secondary N) is 2. The summed E-state index contributed by atoms with van der Waals surface area (Å²) in [5.74, 6) is 0.00648. The summed E-state index contributed by atoms with van der Waals surface area (Å²) in [6.45, 7) is 6.71. The Hall–Kier alpha value is -2.33. The molecule has 0 aliphatic carbocycles. The average molecular weight is 366 g/mol. The topological polar surface area (TPSA) is 44.4 Å². The first-order valence-electron chi connectivity index (χ1n) is 10.2. The molecule has 1 aliphatic rings. The van der Waals surface area contributed by atoms with E-state index in [-0.39, 0.29) is 5.91 Å². The van der Waals surface area contributed by atoms with Crippen molar-refractivity contribution in [1.82, 2.24) is 10.6 Å². The van der Waals surface area contributed by atoms with Crippen molar-refractivity contribution in [3.05, 3.63) is 65.2 Å². The molecular formula is C23H31N3O. The maximum absolute atomic E-state index is 12.1. The molecule has 2 aromatic rings. The summed E-state index contributed by atoms with van der Waals surface area (Å²) in [5, 5.41) is 6.41. The molecule has 0 saturated carbocycles. The lowest BCUT2D eigenvalue weighted by Crippen LogP contribution is -2.29. The van der Waals surface area contributed by atoms with Gasteiger partial charge in [0, 0.05) is 44.0 Å². The van der Waals surface area contributed by atoms with Crippen LogP contribution in [0, 0.1) is 0 Å². The lowest BCUT2D eigenvalue weighted by atomic mass is 10.1. The third-order valence-corrected chi connectivity index (χ3v) is 5.04. The molecule has 2 aromatic carbocycles. The molecule has 1 aliphatic heterocycles. The molecule has 0 spiro atoms. The van der Waals surface area contributed by atoms with Crippen LogP contribution >= 0.6 is 0 Å². The highest BCUT2D eigenvalue weighted by molar-refractivity contribution is 5.94. The number of piperidine rings is 1. The molecule has 4 heteroatoms. The van der Waals surface area contributed by atoms with Crippen molar-refractivity contribution in [1.29, 1.82) is 0 Å². The summed E-state index contributed by atoms with van der Waals surface area (Å²) in [5.41, 5.74) is 4.48. The Morgan fingerprint density at radius 3 is 2.44 bits per heavy atom. The van der Waals surface area contributed by atoms with Crippen LogP contribution < -0.4 is 15.5 Å². The average Bonchev–Trinajstić information content (AvgIpc) is 2.73. The maximum Gasteiger partial charge on any atom is 0.251 e. The SMILES string of the molecule is CCCNC(=O)c1cccc(CNCc2ccc(N3CCCCC3)cc2)c1. The molecule has 2 N–H and O–H groups in total. The standard InChI is InChI=1S/C23H31N3O/c1-2-13-25-23(27)21-8-6-7-20(16-21)18-24-17-19-9-11-22(12-10-19)26-14-4-3-5-15-26/h6-12,16,24H,2-5,13-15,17-18H2,1H3,(H,25,27). The van der Waals surface area contributed by atoms with Gasteiger partial charge < -0.3 is 15.5 Å². The van der Waals surface area contributed by atoms with Gasteiger partial charge in [0.2, 0.25) is 0 Å². The van der Waals surface area contributed by atoms with Crippen LogP contribution in [0.2, 0.25) is 0 Å². The smallest absolute Gasteiger partial charge is 0.251 e. The lowest BCUT2D eigenvalue weighted by molar-refractivity contribution is 0.0953. The summed E-state index contributed by atoms with van der Waals surface area (Å²) in [7, 11) is 0. The van der Waals surface area contributed by atoms with Gasteiger partial charge in [-0.2, -0.15) is 0 Å². The Kier molecular flexibility index (Phi) is 7.28. The van der Waals surface area contributed by atoms with Crippen LogP contribution in [-0.2, 0) is 13.1 Å². The molecule has 144 valence electrons. The Morgan fingerprint density at radius 1 is 0.963 bits per heavy atom. The molecule has 3 rings (SSSR count). The first kappa shape index (κ1) is 19.4. The number of hydrogen-bond acceptors (Lipinski definition) is 3. The third-order valence-electron chi connectivity index (χ3n) is 5.04. The third kappa shape index (κ3) is 5.83. The van der Waals surface area contributed by atoms with Gasteiger partial charge in [-0.05, 0) is 61.1 Å². The lowest BCUT2D eigenvalue weighted by Gasteiger charge is -2.28. The van der Waals surface area contributed by atoms with Gasteiger partial charge >= 0.3 is 0 Å². The fourth-order valence-corrected chi connectivity index (χ4v) is 3.49. The predicted octanol–water partition coefficient (Wildman–Crippen LogP) is 4.11. The van der Waals surface area contributed by atoms with E-state index < -0.39 is 0 Å². The van der Waals surface area contributed by atoms with Crippen molar-refractivity contribution in [2.45, 2.75) is 45.7 Å². The zero-order valence-electron chi connectivity index (χ0n) is 16.3. The first-order valence-corrected chi connectivity index (χ1v) is 10.2. The van der Waals surface area contributed by atoms with E-state index in [0.717, 1.165) is 30.6 Å². The summed E-state index contributed by atoms with van der Waals surface area (Å²) in [6, 6.07) is 16.7. The summed E-state index contributed by atoms with van der Waals surface area (Å²) in [4.78, 5) is 14.6. The molecule has 27 heavy (non-hydrogen) atoms. The van der Waals surface area contributed by atoms with Crippen LogP contribution in [0.4, 0.5) is 5.69 Å². The van der Waals surface area contributed by atoms with E-state index in [9.17, 15) is 4.79 Å². The van der Waals surface area contributed by atoms with Crippen molar-refractivity contribution in [3.63, 3.8) is 0 Å². The largest absolute Gasteiger partial charge is 0.372 e. The van der Waals surface area contributed by atoms with Crippen LogP contribution in [-0.4, -0.2) is 25.5 Å². The summed E-state index contributed by atoms with van der Waals surface area (Å²) >= 11 is 0.